The van der Waals surface area contributed by atoms with Gasteiger partial charge >= 0.3 is 0 Å². The maximum atomic E-state index is 9.72. The lowest BCUT2D eigenvalue weighted by atomic mass is 10.2. The molecular formula is C10H21NO3. The third-order valence-corrected chi connectivity index (χ3v) is 2.88. The fourth-order valence-electron chi connectivity index (χ4n) is 2.13. The first-order valence-corrected chi connectivity index (χ1v) is 5.31. The summed E-state index contributed by atoms with van der Waals surface area (Å²) in [5, 5.41) is 18.6. The molecule has 4 nitrogen and oxygen atoms in total. The molecule has 84 valence electrons. The Hall–Kier alpha value is -0.160. The highest BCUT2D eigenvalue weighted by Gasteiger charge is 2.29. The predicted molar refractivity (Wildman–Crippen MR) is 54.2 cm³/mol. The van der Waals surface area contributed by atoms with Crippen molar-refractivity contribution < 1.29 is 14.9 Å². The molecular weight excluding hydrogens is 182 g/mol. The van der Waals surface area contributed by atoms with Gasteiger partial charge in [0.15, 0.2) is 0 Å². The van der Waals surface area contributed by atoms with Crippen molar-refractivity contribution in [2.45, 2.75) is 31.4 Å². The Labute approximate surface area is 85.5 Å². The van der Waals surface area contributed by atoms with Crippen molar-refractivity contribution in [2.24, 2.45) is 0 Å². The molecule has 1 fully saturated rings. The first-order chi connectivity index (χ1) is 6.79. The summed E-state index contributed by atoms with van der Waals surface area (Å²) in [5.74, 6) is 0. The van der Waals surface area contributed by atoms with Crippen LogP contribution < -0.4 is 0 Å². The number of aliphatic hydroxyl groups is 2. The first kappa shape index (κ1) is 11.9. The second-order valence-electron chi connectivity index (χ2n) is 3.82. The van der Waals surface area contributed by atoms with Gasteiger partial charge in [0.1, 0.15) is 0 Å². The topological polar surface area (TPSA) is 52.9 Å². The summed E-state index contributed by atoms with van der Waals surface area (Å²) < 4.78 is 5.01. The van der Waals surface area contributed by atoms with Gasteiger partial charge in [-0.15, -0.1) is 0 Å². The Morgan fingerprint density at radius 3 is 2.64 bits per heavy atom. The largest absolute Gasteiger partial charge is 0.395 e. The summed E-state index contributed by atoms with van der Waals surface area (Å²) in [4.78, 5) is 2.13. The van der Waals surface area contributed by atoms with Gasteiger partial charge in [-0.1, -0.05) is 0 Å². The quantitative estimate of drug-likeness (QED) is 0.630. The van der Waals surface area contributed by atoms with Crippen molar-refractivity contribution in [1.82, 2.24) is 4.90 Å². The van der Waals surface area contributed by atoms with Crippen molar-refractivity contribution in [2.75, 3.05) is 33.4 Å². The minimum absolute atomic E-state index is 0.146. The lowest BCUT2D eigenvalue weighted by Crippen LogP contribution is -2.43. The molecule has 0 amide bonds. The van der Waals surface area contributed by atoms with Gasteiger partial charge in [0, 0.05) is 26.2 Å². The van der Waals surface area contributed by atoms with Crippen LogP contribution in [0, 0.1) is 0 Å². The molecule has 1 aliphatic rings. The van der Waals surface area contributed by atoms with Crippen LogP contribution in [0.4, 0.5) is 0 Å². The normalized spacial score (nSPS) is 27.4. The number of ether oxygens (including phenoxy) is 1. The van der Waals surface area contributed by atoms with Crippen LogP contribution in [0.2, 0.25) is 0 Å². The fourth-order valence-corrected chi connectivity index (χ4v) is 2.13. The smallest absolute Gasteiger partial charge is 0.0695 e. The van der Waals surface area contributed by atoms with Gasteiger partial charge in [0.05, 0.1) is 19.3 Å². The van der Waals surface area contributed by atoms with Crippen LogP contribution >= 0.6 is 0 Å². The number of aliphatic hydroxyl groups excluding tert-OH is 2. The maximum absolute atomic E-state index is 9.72. The van der Waals surface area contributed by atoms with Crippen LogP contribution in [-0.2, 0) is 4.74 Å². The van der Waals surface area contributed by atoms with Crippen LogP contribution in [0.25, 0.3) is 0 Å². The maximum Gasteiger partial charge on any atom is 0.0695 e. The van der Waals surface area contributed by atoms with Crippen LogP contribution in [0.5, 0.6) is 0 Å². The zero-order valence-corrected chi connectivity index (χ0v) is 8.85. The first-order valence-electron chi connectivity index (χ1n) is 5.31. The summed E-state index contributed by atoms with van der Waals surface area (Å²) in [7, 11) is 1.67. The molecule has 0 radical (unpaired) electrons. The van der Waals surface area contributed by atoms with E-state index in [0.717, 1.165) is 25.8 Å². The van der Waals surface area contributed by atoms with Crippen LogP contribution in [0.15, 0.2) is 0 Å². The number of hydrogen-bond donors (Lipinski definition) is 2. The van der Waals surface area contributed by atoms with E-state index >= 15 is 0 Å². The summed E-state index contributed by atoms with van der Waals surface area (Å²) >= 11 is 0. The molecule has 0 bridgehead atoms. The monoisotopic (exact) mass is 203 g/mol. The molecule has 0 aromatic heterocycles. The molecule has 2 N–H and O–H groups in total. The molecule has 0 aromatic rings. The van der Waals surface area contributed by atoms with Crippen LogP contribution in [0.3, 0.4) is 0 Å². The number of methoxy groups -OCH3 is 1. The summed E-state index contributed by atoms with van der Waals surface area (Å²) in [6.07, 6.45) is 2.78. The third kappa shape index (κ3) is 3.20. The SMILES string of the molecule is COCCN(CCO)[C@@H]1CCC[C@H]1O. The highest BCUT2D eigenvalue weighted by molar-refractivity contribution is 4.85. The molecule has 0 saturated heterocycles. The van der Waals surface area contributed by atoms with Gasteiger partial charge in [0.25, 0.3) is 0 Å². The Balaban J connectivity index is 2.39. The Morgan fingerprint density at radius 2 is 2.14 bits per heavy atom. The standard InChI is InChI=1S/C10H21NO3/c1-14-8-6-11(5-7-12)9-3-2-4-10(9)13/h9-10,12-13H,2-8H2,1H3/t9-,10-/m1/s1. The summed E-state index contributed by atoms with van der Waals surface area (Å²) in [5.41, 5.74) is 0. The number of rotatable bonds is 6. The van der Waals surface area contributed by atoms with Crippen molar-refractivity contribution >= 4 is 0 Å². The number of nitrogens with zero attached hydrogens (tertiary/aromatic N) is 1. The molecule has 1 rings (SSSR count). The van der Waals surface area contributed by atoms with Crippen molar-refractivity contribution in [1.29, 1.82) is 0 Å². The second-order valence-corrected chi connectivity index (χ2v) is 3.82. The van der Waals surface area contributed by atoms with E-state index in [0.29, 0.717) is 13.2 Å². The molecule has 0 unspecified atom stereocenters. The third-order valence-electron chi connectivity index (χ3n) is 2.88. The van der Waals surface area contributed by atoms with E-state index in [9.17, 15) is 5.11 Å². The van der Waals surface area contributed by atoms with Crippen molar-refractivity contribution in [3.05, 3.63) is 0 Å². The van der Waals surface area contributed by atoms with Crippen molar-refractivity contribution in [3.63, 3.8) is 0 Å². The lowest BCUT2D eigenvalue weighted by Gasteiger charge is -2.30. The molecule has 14 heavy (non-hydrogen) atoms. The average Bonchev–Trinajstić information content (AvgIpc) is 2.59. The van der Waals surface area contributed by atoms with E-state index in [-0.39, 0.29) is 18.8 Å². The van der Waals surface area contributed by atoms with E-state index < -0.39 is 0 Å². The highest BCUT2D eigenvalue weighted by Crippen LogP contribution is 2.23. The minimum Gasteiger partial charge on any atom is -0.395 e. The minimum atomic E-state index is -0.224. The van der Waals surface area contributed by atoms with Gasteiger partial charge in [0.2, 0.25) is 0 Å². The zero-order valence-electron chi connectivity index (χ0n) is 8.85. The lowest BCUT2D eigenvalue weighted by molar-refractivity contribution is 0.0422. The molecule has 1 saturated carbocycles. The Bertz CT molecular complexity index is 154. The van der Waals surface area contributed by atoms with E-state index in [4.69, 9.17) is 9.84 Å². The zero-order chi connectivity index (χ0) is 10.4. The summed E-state index contributed by atoms with van der Waals surface area (Å²) in [6, 6.07) is 0.220. The fraction of sp³-hybridized carbons (Fsp3) is 1.00. The van der Waals surface area contributed by atoms with Gasteiger partial charge < -0.3 is 14.9 Å². The van der Waals surface area contributed by atoms with E-state index in [1.807, 2.05) is 0 Å². The molecule has 0 spiro atoms. The van der Waals surface area contributed by atoms with Crippen molar-refractivity contribution in [3.8, 4) is 0 Å². The Kier molecular flexibility index (Phi) is 5.40. The van der Waals surface area contributed by atoms with Crippen LogP contribution in [0.1, 0.15) is 19.3 Å². The highest BCUT2D eigenvalue weighted by atomic mass is 16.5. The van der Waals surface area contributed by atoms with E-state index in [1.165, 1.54) is 0 Å². The molecule has 0 aromatic carbocycles. The molecule has 2 atom stereocenters. The van der Waals surface area contributed by atoms with Crippen LogP contribution in [-0.4, -0.2) is 60.7 Å². The predicted octanol–water partition coefficient (Wildman–Crippen LogP) is -0.160. The number of hydrogen-bond acceptors (Lipinski definition) is 4. The van der Waals surface area contributed by atoms with Gasteiger partial charge in [-0.25, -0.2) is 0 Å². The molecule has 0 heterocycles. The molecule has 1 aliphatic carbocycles. The second kappa shape index (κ2) is 6.35. The van der Waals surface area contributed by atoms with E-state index in [1.54, 1.807) is 7.11 Å². The van der Waals surface area contributed by atoms with Gasteiger partial charge in [-0.3, -0.25) is 4.90 Å². The Morgan fingerprint density at radius 1 is 1.36 bits per heavy atom. The summed E-state index contributed by atoms with van der Waals surface area (Å²) in [6.45, 7) is 2.22. The van der Waals surface area contributed by atoms with Gasteiger partial charge in [-0.2, -0.15) is 0 Å². The van der Waals surface area contributed by atoms with E-state index in [2.05, 4.69) is 4.90 Å². The van der Waals surface area contributed by atoms with Gasteiger partial charge in [-0.05, 0) is 19.3 Å². The molecule has 0 aliphatic heterocycles. The molecule has 4 heteroatoms. The average molecular weight is 203 g/mol.